The molecule has 0 amide bonds. The summed E-state index contributed by atoms with van der Waals surface area (Å²) in [5.74, 6) is 3.39. The first-order valence-corrected chi connectivity index (χ1v) is 7.26. The fraction of sp³-hybridized carbons (Fsp3) is 0.583. The summed E-state index contributed by atoms with van der Waals surface area (Å²) in [6.07, 6.45) is 2.36. The van der Waals surface area contributed by atoms with Gasteiger partial charge in [0, 0.05) is 18.3 Å². The Kier molecular flexibility index (Phi) is 4.41. The van der Waals surface area contributed by atoms with Gasteiger partial charge in [-0.3, -0.25) is 10.1 Å². The molecular weight excluding hydrogens is 250 g/mol. The van der Waals surface area contributed by atoms with Crippen LogP contribution < -0.4 is 5.32 Å². The predicted molar refractivity (Wildman–Crippen MR) is 74.2 cm³/mol. The number of anilines is 1. The number of hydrogen-bond acceptors (Lipinski definition) is 5. The highest BCUT2D eigenvalue weighted by Gasteiger charge is 2.18. The molecule has 1 aromatic rings. The molecule has 5 nitrogen and oxygen atoms in total. The van der Waals surface area contributed by atoms with Gasteiger partial charge in [0.25, 0.3) is 0 Å². The molecule has 18 heavy (non-hydrogen) atoms. The van der Waals surface area contributed by atoms with Crippen LogP contribution in [-0.2, 0) is 0 Å². The molecule has 0 spiro atoms. The third-order valence-electron chi connectivity index (χ3n) is 3.11. The number of nitrogens with one attached hydrogen (secondary N) is 1. The topological polar surface area (TPSA) is 68.1 Å². The van der Waals surface area contributed by atoms with Crippen LogP contribution >= 0.6 is 11.8 Å². The number of thioether (sulfide) groups is 1. The Bertz CT molecular complexity index is 433. The lowest BCUT2D eigenvalue weighted by molar-refractivity contribution is -0.384. The maximum absolute atomic E-state index is 10.9. The number of nitro groups is 1. The Morgan fingerprint density at radius 3 is 2.89 bits per heavy atom. The molecule has 1 N–H and O–H groups in total. The van der Waals surface area contributed by atoms with Crippen molar-refractivity contribution in [2.24, 2.45) is 5.92 Å². The molecule has 0 aromatic carbocycles. The molecule has 1 aromatic heterocycles. The van der Waals surface area contributed by atoms with Crippen LogP contribution in [0.1, 0.15) is 18.5 Å². The van der Waals surface area contributed by atoms with Crippen molar-refractivity contribution >= 4 is 23.3 Å². The Morgan fingerprint density at radius 1 is 1.50 bits per heavy atom. The van der Waals surface area contributed by atoms with Crippen molar-refractivity contribution in [3.05, 3.63) is 27.9 Å². The van der Waals surface area contributed by atoms with E-state index in [1.165, 1.54) is 30.4 Å². The minimum Gasteiger partial charge on any atom is -0.364 e. The second-order valence-electron chi connectivity index (χ2n) is 4.51. The van der Waals surface area contributed by atoms with Crippen molar-refractivity contribution in [2.45, 2.75) is 19.8 Å². The molecule has 0 atom stereocenters. The number of nitrogens with zero attached hydrogens (tertiary/aromatic N) is 2. The van der Waals surface area contributed by atoms with E-state index in [1.54, 1.807) is 6.07 Å². The molecular formula is C12H17N3O2S. The molecule has 2 heterocycles. The molecule has 1 saturated heterocycles. The predicted octanol–water partition coefficient (Wildman–Crippen LogP) is 2.85. The summed E-state index contributed by atoms with van der Waals surface area (Å²) in [6, 6.07) is 3.18. The third-order valence-corrected chi connectivity index (χ3v) is 4.16. The van der Waals surface area contributed by atoms with Gasteiger partial charge < -0.3 is 5.32 Å². The van der Waals surface area contributed by atoms with Crippen LogP contribution in [-0.4, -0.2) is 28.0 Å². The van der Waals surface area contributed by atoms with E-state index in [0.717, 1.165) is 12.2 Å². The second-order valence-corrected chi connectivity index (χ2v) is 5.74. The molecule has 1 aliphatic rings. The average Bonchev–Trinajstić information content (AvgIpc) is 2.37. The highest BCUT2D eigenvalue weighted by Crippen LogP contribution is 2.25. The number of hydrogen-bond donors (Lipinski definition) is 1. The van der Waals surface area contributed by atoms with Crippen LogP contribution in [0.3, 0.4) is 0 Å². The average molecular weight is 267 g/mol. The molecule has 0 unspecified atom stereocenters. The van der Waals surface area contributed by atoms with Gasteiger partial charge in [-0.25, -0.2) is 4.98 Å². The monoisotopic (exact) mass is 267 g/mol. The summed E-state index contributed by atoms with van der Waals surface area (Å²) in [6.45, 7) is 2.62. The fourth-order valence-electron chi connectivity index (χ4n) is 2.02. The highest BCUT2D eigenvalue weighted by atomic mass is 32.2. The van der Waals surface area contributed by atoms with Gasteiger partial charge in [-0.15, -0.1) is 0 Å². The SMILES string of the molecule is Cc1ccc([N+](=O)[O-])c(NCC2CCSCC2)n1. The maximum atomic E-state index is 10.9. The molecule has 2 rings (SSSR count). The molecule has 0 radical (unpaired) electrons. The largest absolute Gasteiger partial charge is 0.364 e. The van der Waals surface area contributed by atoms with Gasteiger partial charge in [0.15, 0.2) is 0 Å². The van der Waals surface area contributed by atoms with Gasteiger partial charge in [-0.05, 0) is 43.3 Å². The summed E-state index contributed by atoms with van der Waals surface area (Å²) in [5, 5.41) is 14.0. The smallest absolute Gasteiger partial charge is 0.311 e. The summed E-state index contributed by atoms with van der Waals surface area (Å²) in [5.41, 5.74) is 0.855. The van der Waals surface area contributed by atoms with Gasteiger partial charge in [0.1, 0.15) is 0 Å². The summed E-state index contributed by atoms with van der Waals surface area (Å²) in [4.78, 5) is 14.7. The number of pyridine rings is 1. The Hall–Kier alpha value is -1.30. The van der Waals surface area contributed by atoms with E-state index in [4.69, 9.17) is 0 Å². The van der Waals surface area contributed by atoms with E-state index < -0.39 is 0 Å². The van der Waals surface area contributed by atoms with Crippen molar-refractivity contribution in [1.29, 1.82) is 0 Å². The van der Waals surface area contributed by atoms with Gasteiger partial charge in [-0.2, -0.15) is 11.8 Å². The van der Waals surface area contributed by atoms with Crippen LogP contribution in [0.2, 0.25) is 0 Å². The summed E-state index contributed by atoms with van der Waals surface area (Å²) in [7, 11) is 0. The number of aryl methyl sites for hydroxylation is 1. The second kappa shape index (κ2) is 6.04. The van der Waals surface area contributed by atoms with Crippen LogP contribution in [0.25, 0.3) is 0 Å². The van der Waals surface area contributed by atoms with E-state index in [1.807, 2.05) is 18.7 Å². The highest BCUT2D eigenvalue weighted by molar-refractivity contribution is 7.99. The van der Waals surface area contributed by atoms with Crippen LogP contribution in [0.15, 0.2) is 12.1 Å². The van der Waals surface area contributed by atoms with Gasteiger partial charge in [0.2, 0.25) is 5.82 Å². The Balaban J connectivity index is 2.03. The van der Waals surface area contributed by atoms with E-state index in [0.29, 0.717) is 11.7 Å². The number of rotatable bonds is 4. The summed E-state index contributed by atoms with van der Waals surface area (Å²) >= 11 is 1.98. The zero-order chi connectivity index (χ0) is 13.0. The molecule has 0 bridgehead atoms. The molecule has 0 saturated carbocycles. The van der Waals surface area contributed by atoms with E-state index in [-0.39, 0.29) is 10.6 Å². The van der Waals surface area contributed by atoms with Crippen molar-refractivity contribution in [3.63, 3.8) is 0 Å². The van der Waals surface area contributed by atoms with E-state index in [2.05, 4.69) is 10.3 Å². The first-order chi connectivity index (χ1) is 8.66. The standard InChI is InChI=1S/C12H17N3O2S/c1-9-2-3-11(15(16)17)12(14-9)13-8-10-4-6-18-7-5-10/h2-3,10H,4-8H2,1H3,(H,13,14). The first-order valence-electron chi connectivity index (χ1n) is 6.10. The summed E-state index contributed by atoms with van der Waals surface area (Å²) < 4.78 is 0. The van der Waals surface area contributed by atoms with Crippen molar-refractivity contribution in [3.8, 4) is 0 Å². The first kappa shape index (κ1) is 13.1. The lowest BCUT2D eigenvalue weighted by atomic mass is 10.0. The van der Waals surface area contributed by atoms with Gasteiger partial charge in [0.05, 0.1) is 4.92 Å². The van der Waals surface area contributed by atoms with Gasteiger partial charge in [-0.1, -0.05) is 0 Å². The third kappa shape index (κ3) is 3.35. The van der Waals surface area contributed by atoms with E-state index in [9.17, 15) is 10.1 Å². The Labute approximate surface area is 111 Å². The van der Waals surface area contributed by atoms with Crippen molar-refractivity contribution in [1.82, 2.24) is 4.98 Å². The molecule has 1 aliphatic heterocycles. The van der Waals surface area contributed by atoms with Crippen LogP contribution in [0.4, 0.5) is 11.5 Å². The zero-order valence-electron chi connectivity index (χ0n) is 10.4. The normalized spacial score (nSPS) is 16.5. The molecule has 6 heteroatoms. The lowest BCUT2D eigenvalue weighted by Gasteiger charge is -2.21. The zero-order valence-corrected chi connectivity index (χ0v) is 11.2. The van der Waals surface area contributed by atoms with Gasteiger partial charge >= 0.3 is 5.69 Å². The van der Waals surface area contributed by atoms with Crippen molar-refractivity contribution in [2.75, 3.05) is 23.4 Å². The number of aromatic nitrogens is 1. The quantitative estimate of drug-likeness (QED) is 0.671. The minimum atomic E-state index is -0.383. The molecule has 0 aliphatic carbocycles. The minimum absolute atomic E-state index is 0.0609. The molecule has 1 fully saturated rings. The van der Waals surface area contributed by atoms with Crippen LogP contribution in [0.5, 0.6) is 0 Å². The van der Waals surface area contributed by atoms with Crippen LogP contribution in [0, 0.1) is 23.0 Å². The van der Waals surface area contributed by atoms with Crippen molar-refractivity contribution < 1.29 is 4.92 Å². The maximum Gasteiger partial charge on any atom is 0.311 e. The lowest BCUT2D eigenvalue weighted by Crippen LogP contribution is -2.20. The van der Waals surface area contributed by atoms with E-state index >= 15 is 0 Å². The fourth-order valence-corrected chi connectivity index (χ4v) is 3.22. The molecule has 98 valence electrons. The Morgan fingerprint density at radius 2 is 2.22 bits per heavy atom.